The van der Waals surface area contributed by atoms with Gasteiger partial charge in [0.2, 0.25) is 4.96 Å². The summed E-state index contributed by atoms with van der Waals surface area (Å²) in [6, 6.07) is 5.09. The first kappa shape index (κ1) is 13.4. The normalized spacial score (nSPS) is 12.0. The van der Waals surface area contributed by atoms with E-state index in [1.807, 2.05) is 13.0 Å². The Bertz CT molecular complexity index is 994. The number of H-pyrrole nitrogens is 1. The molecule has 0 aliphatic heterocycles. The number of aryl methyl sites for hydroxylation is 1. The Kier molecular flexibility index (Phi) is 2.80. The molecular weight excluding hydrogens is 301 g/mol. The minimum Gasteiger partial charge on any atom is -0.350 e. The second kappa shape index (κ2) is 4.61. The number of aromatic amines is 1. The fraction of sp³-hybridized carbons (Fsp3) is 0.267. The van der Waals surface area contributed by atoms with Crippen LogP contribution in [0.4, 0.5) is 4.39 Å². The topological polar surface area (TPSA) is 58.9 Å². The molecular formula is C15H14FN5S. The molecule has 4 aromatic rings. The van der Waals surface area contributed by atoms with Crippen LogP contribution in [0.5, 0.6) is 0 Å². The SMILES string of the molecule is Cc1c(-c2nn3c(C(C)C)nnc3s2)[nH]c2c(F)cccc12. The van der Waals surface area contributed by atoms with Crippen molar-refractivity contribution in [2.45, 2.75) is 26.7 Å². The van der Waals surface area contributed by atoms with Crippen LogP contribution in [0.1, 0.15) is 31.2 Å². The van der Waals surface area contributed by atoms with Crippen molar-refractivity contribution in [2.24, 2.45) is 0 Å². The van der Waals surface area contributed by atoms with E-state index in [-0.39, 0.29) is 11.7 Å². The number of hydrogen-bond donors (Lipinski definition) is 1. The second-order valence-corrected chi connectivity index (χ2v) is 6.56. The predicted molar refractivity (Wildman–Crippen MR) is 84.7 cm³/mol. The molecule has 112 valence electrons. The molecule has 0 atom stereocenters. The quantitative estimate of drug-likeness (QED) is 0.610. The standard InChI is InChI=1S/C15H14FN5S/c1-7(2)13-18-19-15-21(13)20-14(22-15)11-8(3)9-5-4-6-10(16)12(9)17-11/h4-7,17H,1-3H3. The van der Waals surface area contributed by atoms with E-state index >= 15 is 0 Å². The maximum atomic E-state index is 13.9. The summed E-state index contributed by atoms with van der Waals surface area (Å²) in [5.41, 5.74) is 2.35. The van der Waals surface area contributed by atoms with Gasteiger partial charge in [-0.05, 0) is 18.6 Å². The van der Waals surface area contributed by atoms with Gasteiger partial charge in [-0.2, -0.15) is 9.61 Å². The zero-order valence-electron chi connectivity index (χ0n) is 12.4. The van der Waals surface area contributed by atoms with Crippen LogP contribution in [0.2, 0.25) is 0 Å². The molecule has 3 aromatic heterocycles. The van der Waals surface area contributed by atoms with Crippen LogP contribution in [-0.2, 0) is 0 Å². The number of nitrogens with zero attached hydrogens (tertiary/aromatic N) is 4. The van der Waals surface area contributed by atoms with E-state index in [4.69, 9.17) is 0 Å². The molecule has 1 N–H and O–H groups in total. The number of fused-ring (bicyclic) bond motifs is 2. The summed E-state index contributed by atoms with van der Waals surface area (Å²) in [7, 11) is 0. The Morgan fingerprint density at radius 3 is 2.82 bits per heavy atom. The highest BCUT2D eigenvalue weighted by atomic mass is 32.1. The van der Waals surface area contributed by atoms with Gasteiger partial charge in [0.15, 0.2) is 10.8 Å². The van der Waals surface area contributed by atoms with Crippen LogP contribution in [0.15, 0.2) is 18.2 Å². The first-order chi connectivity index (χ1) is 10.6. The molecule has 7 heteroatoms. The molecule has 1 aromatic carbocycles. The molecule has 0 amide bonds. The van der Waals surface area contributed by atoms with Crippen LogP contribution < -0.4 is 0 Å². The van der Waals surface area contributed by atoms with Crippen molar-refractivity contribution in [1.29, 1.82) is 0 Å². The third-order valence-corrected chi connectivity index (χ3v) is 4.70. The maximum Gasteiger partial charge on any atom is 0.235 e. The molecule has 22 heavy (non-hydrogen) atoms. The lowest BCUT2D eigenvalue weighted by Crippen LogP contribution is -1.98. The van der Waals surface area contributed by atoms with Crippen molar-refractivity contribution < 1.29 is 4.39 Å². The fourth-order valence-corrected chi connectivity index (χ4v) is 3.53. The Balaban J connectivity index is 1.95. The number of hydrogen-bond acceptors (Lipinski definition) is 4. The van der Waals surface area contributed by atoms with Gasteiger partial charge in [0.05, 0.1) is 11.2 Å². The molecule has 0 radical (unpaired) electrons. The molecule has 0 aliphatic rings. The Morgan fingerprint density at radius 2 is 2.09 bits per heavy atom. The number of nitrogens with one attached hydrogen (secondary N) is 1. The smallest absolute Gasteiger partial charge is 0.235 e. The molecule has 0 saturated carbocycles. The Morgan fingerprint density at radius 1 is 1.27 bits per heavy atom. The van der Waals surface area contributed by atoms with E-state index in [1.165, 1.54) is 17.4 Å². The van der Waals surface area contributed by atoms with Gasteiger partial charge in [0, 0.05) is 11.3 Å². The average Bonchev–Trinajstić information content (AvgIpc) is 3.12. The predicted octanol–water partition coefficient (Wildman–Crippen LogP) is 3.91. The van der Waals surface area contributed by atoms with Crippen LogP contribution in [-0.4, -0.2) is 24.8 Å². The molecule has 0 bridgehead atoms. The number of aromatic nitrogens is 5. The van der Waals surface area contributed by atoms with Gasteiger partial charge >= 0.3 is 0 Å². The fourth-order valence-electron chi connectivity index (χ4n) is 2.62. The highest BCUT2D eigenvalue weighted by Gasteiger charge is 2.19. The molecule has 0 aliphatic carbocycles. The van der Waals surface area contributed by atoms with E-state index in [0.29, 0.717) is 5.52 Å². The van der Waals surface area contributed by atoms with Gasteiger partial charge in [-0.3, -0.25) is 0 Å². The lowest BCUT2D eigenvalue weighted by atomic mass is 10.1. The van der Waals surface area contributed by atoms with Crippen LogP contribution in [0.25, 0.3) is 26.6 Å². The number of halogens is 1. The highest BCUT2D eigenvalue weighted by Crippen LogP contribution is 2.33. The molecule has 0 fully saturated rings. The summed E-state index contributed by atoms with van der Waals surface area (Å²) in [5.74, 6) is 0.821. The summed E-state index contributed by atoms with van der Waals surface area (Å²) >= 11 is 1.45. The van der Waals surface area contributed by atoms with Crippen LogP contribution in [0, 0.1) is 12.7 Å². The van der Waals surface area contributed by atoms with Crippen molar-refractivity contribution in [1.82, 2.24) is 24.8 Å². The van der Waals surface area contributed by atoms with E-state index < -0.39 is 0 Å². The number of rotatable bonds is 2. The minimum atomic E-state index is -0.252. The van der Waals surface area contributed by atoms with E-state index in [0.717, 1.165) is 32.4 Å². The minimum absolute atomic E-state index is 0.242. The first-order valence-corrected chi connectivity index (χ1v) is 7.87. The molecule has 0 spiro atoms. The van der Waals surface area contributed by atoms with Crippen LogP contribution >= 0.6 is 11.3 Å². The molecule has 3 heterocycles. The van der Waals surface area contributed by atoms with E-state index in [2.05, 4.69) is 34.1 Å². The second-order valence-electron chi connectivity index (χ2n) is 5.60. The summed E-state index contributed by atoms with van der Waals surface area (Å²) in [6.07, 6.45) is 0. The van der Waals surface area contributed by atoms with E-state index in [9.17, 15) is 4.39 Å². The Hall–Kier alpha value is -2.28. The van der Waals surface area contributed by atoms with Gasteiger partial charge in [-0.25, -0.2) is 4.39 Å². The molecule has 0 unspecified atom stereocenters. The van der Waals surface area contributed by atoms with Crippen molar-refractivity contribution in [3.63, 3.8) is 0 Å². The van der Waals surface area contributed by atoms with Gasteiger partial charge in [-0.1, -0.05) is 37.3 Å². The van der Waals surface area contributed by atoms with Gasteiger partial charge in [-0.15, -0.1) is 10.2 Å². The van der Waals surface area contributed by atoms with Gasteiger partial charge < -0.3 is 4.98 Å². The number of para-hydroxylation sites is 1. The van der Waals surface area contributed by atoms with Crippen molar-refractivity contribution >= 4 is 27.2 Å². The summed E-state index contributed by atoms with van der Waals surface area (Å²) in [5, 5.41) is 14.6. The summed E-state index contributed by atoms with van der Waals surface area (Å²) in [6.45, 7) is 6.08. The van der Waals surface area contributed by atoms with E-state index in [1.54, 1.807) is 10.6 Å². The highest BCUT2D eigenvalue weighted by molar-refractivity contribution is 7.19. The molecule has 4 rings (SSSR count). The number of benzene rings is 1. The lowest BCUT2D eigenvalue weighted by molar-refractivity contribution is 0.637. The molecule has 5 nitrogen and oxygen atoms in total. The monoisotopic (exact) mass is 315 g/mol. The summed E-state index contributed by atoms with van der Waals surface area (Å²) < 4.78 is 15.7. The maximum absolute atomic E-state index is 13.9. The van der Waals surface area contributed by atoms with Crippen molar-refractivity contribution in [3.8, 4) is 10.7 Å². The largest absolute Gasteiger partial charge is 0.350 e. The van der Waals surface area contributed by atoms with Gasteiger partial charge in [0.1, 0.15) is 5.82 Å². The Labute approximate surface area is 129 Å². The van der Waals surface area contributed by atoms with Crippen molar-refractivity contribution in [3.05, 3.63) is 35.4 Å². The lowest BCUT2D eigenvalue weighted by Gasteiger charge is -1.98. The third kappa shape index (κ3) is 1.78. The summed E-state index contributed by atoms with van der Waals surface area (Å²) in [4.78, 5) is 3.91. The van der Waals surface area contributed by atoms with Crippen LogP contribution in [0.3, 0.4) is 0 Å². The first-order valence-electron chi connectivity index (χ1n) is 7.05. The molecule has 0 saturated heterocycles. The van der Waals surface area contributed by atoms with Crippen molar-refractivity contribution in [2.75, 3.05) is 0 Å². The third-order valence-electron chi connectivity index (χ3n) is 3.79. The van der Waals surface area contributed by atoms with Gasteiger partial charge in [0.25, 0.3) is 0 Å². The zero-order chi connectivity index (χ0) is 15.4. The average molecular weight is 315 g/mol. The zero-order valence-corrected chi connectivity index (χ0v) is 13.2.